The molecule has 11 heteroatoms. The van der Waals surface area contributed by atoms with Crippen molar-refractivity contribution in [2.24, 2.45) is 23.5 Å². The Morgan fingerprint density at radius 3 is 2.25 bits per heavy atom. The van der Waals surface area contributed by atoms with Gasteiger partial charge in [-0.05, 0) is 5.92 Å². The number of fused-ring (bicyclic) bond motifs is 1. The van der Waals surface area contributed by atoms with E-state index < -0.39 is 62.1 Å². The highest BCUT2D eigenvalue weighted by atomic mass is 35.5. The summed E-state index contributed by atoms with van der Waals surface area (Å²) in [6.07, 6.45) is 0.580. The van der Waals surface area contributed by atoms with Crippen LogP contribution in [0.3, 0.4) is 0 Å². The molecule has 1 aliphatic heterocycles. The number of rotatable bonds is 6. The number of carboxylic acids is 2. The molecule has 5 N–H and O–H groups in total. The monoisotopic (exact) mass is 384 g/mol. The van der Waals surface area contributed by atoms with Crippen molar-refractivity contribution in [3.63, 3.8) is 0 Å². The zero-order valence-corrected chi connectivity index (χ0v) is 14.8. The summed E-state index contributed by atoms with van der Waals surface area (Å²) in [5.74, 6) is -7.25. The molecule has 0 unspecified atom stereocenters. The van der Waals surface area contributed by atoms with E-state index >= 15 is 0 Å². The summed E-state index contributed by atoms with van der Waals surface area (Å²) in [5.41, 5.74) is 3.63. The molecule has 2 rings (SSSR count). The Labute approximate surface area is 145 Å². The first-order chi connectivity index (χ1) is 10.5. The van der Waals surface area contributed by atoms with Crippen LogP contribution in [0.5, 0.6) is 0 Å². The van der Waals surface area contributed by atoms with E-state index in [9.17, 15) is 27.9 Å². The molecule has 138 valence electrons. The Balaban J connectivity index is 0.00000288. The third kappa shape index (κ3) is 2.98. The van der Waals surface area contributed by atoms with Gasteiger partial charge in [0.05, 0.1) is 23.0 Å². The van der Waals surface area contributed by atoms with E-state index in [1.165, 1.54) is 0 Å². The van der Waals surface area contributed by atoms with Crippen molar-refractivity contribution >= 4 is 40.1 Å². The summed E-state index contributed by atoms with van der Waals surface area (Å²) in [4.78, 5) is 35.1. The number of sulfone groups is 1. The van der Waals surface area contributed by atoms with Crippen LogP contribution in [-0.4, -0.2) is 59.1 Å². The van der Waals surface area contributed by atoms with Crippen molar-refractivity contribution < 1.29 is 33.0 Å². The van der Waals surface area contributed by atoms with Crippen LogP contribution in [0.25, 0.3) is 0 Å². The minimum absolute atomic E-state index is 0. The van der Waals surface area contributed by atoms with Crippen molar-refractivity contribution in [1.82, 2.24) is 5.32 Å². The minimum Gasteiger partial charge on any atom is -0.481 e. The Morgan fingerprint density at radius 2 is 1.88 bits per heavy atom. The van der Waals surface area contributed by atoms with Crippen LogP contribution in [0, 0.1) is 17.8 Å². The summed E-state index contributed by atoms with van der Waals surface area (Å²) in [7, 11) is -3.91. The van der Waals surface area contributed by atoms with Gasteiger partial charge in [0.15, 0.2) is 15.4 Å². The molecule has 2 fully saturated rings. The van der Waals surface area contributed by atoms with E-state index in [1.807, 2.05) is 6.92 Å². The second kappa shape index (κ2) is 6.49. The van der Waals surface area contributed by atoms with Gasteiger partial charge in [0.25, 0.3) is 0 Å². The van der Waals surface area contributed by atoms with Gasteiger partial charge in [-0.15, -0.1) is 12.4 Å². The predicted molar refractivity (Wildman–Crippen MR) is 85.4 cm³/mol. The van der Waals surface area contributed by atoms with Crippen molar-refractivity contribution in [2.45, 2.75) is 37.1 Å². The standard InChI is InChI=1S/C13H20N2O7S.ClH/c1-3-5(2)8(14)10(16)15-13(12(19)20)4-23(21,22)9-6(7(9)13)11(17)18;/h5-9H,3-4,14H2,1-2H3,(H,15,16)(H,17,18)(H,19,20);1H/t5-,6+,7+,8-,9-,13-;/m0./s1. The second-order valence-corrected chi connectivity index (χ2v) is 8.50. The van der Waals surface area contributed by atoms with E-state index in [1.54, 1.807) is 6.92 Å². The van der Waals surface area contributed by atoms with Gasteiger partial charge >= 0.3 is 11.9 Å². The summed E-state index contributed by atoms with van der Waals surface area (Å²) in [6, 6.07) is -1.000. The number of aliphatic carboxylic acids is 2. The van der Waals surface area contributed by atoms with E-state index in [0.29, 0.717) is 6.42 Å². The molecule has 1 saturated carbocycles. The van der Waals surface area contributed by atoms with Crippen molar-refractivity contribution in [2.75, 3.05) is 5.75 Å². The van der Waals surface area contributed by atoms with Crippen LogP contribution in [0.1, 0.15) is 20.3 Å². The average Bonchev–Trinajstić information content (AvgIpc) is 3.16. The van der Waals surface area contributed by atoms with Crippen LogP contribution in [0.2, 0.25) is 0 Å². The Bertz CT molecular complexity index is 667. The lowest BCUT2D eigenvalue weighted by molar-refractivity contribution is -0.148. The Morgan fingerprint density at radius 1 is 1.33 bits per heavy atom. The lowest BCUT2D eigenvalue weighted by Gasteiger charge is -2.30. The Kier molecular flexibility index (Phi) is 5.58. The quantitative estimate of drug-likeness (QED) is 0.445. The molecule has 6 atom stereocenters. The van der Waals surface area contributed by atoms with Crippen molar-refractivity contribution in [3.8, 4) is 0 Å². The van der Waals surface area contributed by atoms with Gasteiger partial charge < -0.3 is 21.3 Å². The van der Waals surface area contributed by atoms with Gasteiger partial charge in [-0.1, -0.05) is 20.3 Å². The molecule has 0 aromatic heterocycles. The molecule has 1 amide bonds. The number of carbonyl (C=O) groups excluding carboxylic acids is 1. The van der Waals surface area contributed by atoms with Crippen LogP contribution < -0.4 is 11.1 Å². The number of nitrogens with one attached hydrogen (secondary N) is 1. The first-order valence-corrected chi connectivity index (χ1v) is 8.96. The number of hydrogen-bond acceptors (Lipinski definition) is 6. The number of carbonyl (C=O) groups is 3. The number of halogens is 1. The SMILES string of the molecule is CC[C@H](C)[C@H](N)C(=O)N[C@@]1(C(=O)O)CS(=O)(=O)[C@H]2[C@H](C(=O)O)[C@H]21.Cl. The van der Waals surface area contributed by atoms with E-state index in [0.717, 1.165) is 0 Å². The first-order valence-electron chi connectivity index (χ1n) is 7.25. The molecule has 0 aromatic carbocycles. The van der Waals surface area contributed by atoms with Gasteiger partial charge in [0, 0.05) is 5.92 Å². The summed E-state index contributed by atoms with van der Waals surface area (Å²) < 4.78 is 24.1. The van der Waals surface area contributed by atoms with E-state index in [-0.39, 0.29) is 18.3 Å². The summed E-state index contributed by atoms with van der Waals surface area (Å²) >= 11 is 0. The molecular weight excluding hydrogens is 364 g/mol. The van der Waals surface area contributed by atoms with Crippen molar-refractivity contribution in [1.29, 1.82) is 0 Å². The van der Waals surface area contributed by atoms with Crippen molar-refractivity contribution in [3.05, 3.63) is 0 Å². The van der Waals surface area contributed by atoms with Crippen LogP contribution in [0.15, 0.2) is 0 Å². The van der Waals surface area contributed by atoms with Gasteiger partial charge in [0.1, 0.15) is 0 Å². The maximum atomic E-state index is 12.2. The lowest BCUT2D eigenvalue weighted by atomic mass is 9.92. The fourth-order valence-corrected chi connectivity index (χ4v) is 6.02. The molecule has 0 bridgehead atoms. The highest BCUT2D eigenvalue weighted by Crippen LogP contribution is 2.57. The molecule has 1 heterocycles. The maximum Gasteiger partial charge on any atom is 0.330 e. The molecular formula is C13H21ClN2O7S. The molecule has 0 aromatic rings. The average molecular weight is 385 g/mol. The molecule has 2 aliphatic rings. The third-order valence-electron chi connectivity index (χ3n) is 4.94. The van der Waals surface area contributed by atoms with Gasteiger partial charge in [-0.2, -0.15) is 0 Å². The molecule has 24 heavy (non-hydrogen) atoms. The van der Waals surface area contributed by atoms with Gasteiger partial charge in [0.2, 0.25) is 5.91 Å². The fraction of sp³-hybridized carbons (Fsp3) is 0.769. The number of carboxylic acid groups (broad SMARTS) is 2. The molecule has 1 saturated heterocycles. The summed E-state index contributed by atoms with van der Waals surface area (Å²) in [6.45, 7) is 3.52. The van der Waals surface area contributed by atoms with Crippen LogP contribution in [0.4, 0.5) is 0 Å². The molecule has 9 nitrogen and oxygen atoms in total. The van der Waals surface area contributed by atoms with E-state index in [2.05, 4.69) is 5.32 Å². The summed E-state index contributed by atoms with van der Waals surface area (Å²) in [5, 5.41) is 19.6. The molecule has 0 spiro atoms. The van der Waals surface area contributed by atoms with Crippen LogP contribution in [-0.2, 0) is 24.2 Å². The third-order valence-corrected chi connectivity index (χ3v) is 7.21. The molecule has 1 aliphatic carbocycles. The van der Waals surface area contributed by atoms with Gasteiger partial charge in [-0.3, -0.25) is 9.59 Å². The highest BCUT2D eigenvalue weighted by molar-refractivity contribution is 7.92. The largest absolute Gasteiger partial charge is 0.481 e. The first kappa shape index (κ1) is 20.7. The van der Waals surface area contributed by atoms with Gasteiger partial charge in [-0.25, -0.2) is 13.2 Å². The number of hydrogen-bond donors (Lipinski definition) is 4. The second-order valence-electron chi connectivity index (χ2n) is 6.34. The van der Waals surface area contributed by atoms with Crippen LogP contribution >= 0.6 is 12.4 Å². The predicted octanol–water partition coefficient (Wildman–Crippen LogP) is -1.15. The normalized spacial score (nSPS) is 35.0. The van der Waals surface area contributed by atoms with E-state index in [4.69, 9.17) is 10.8 Å². The Hall–Kier alpha value is -1.39. The number of nitrogens with two attached hydrogens (primary N) is 1. The minimum atomic E-state index is -3.91. The topological polar surface area (TPSA) is 164 Å². The maximum absolute atomic E-state index is 12.2. The smallest absolute Gasteiger partial charge is 0.330 e. The molecule has 0 radical (unpaired) electrons. The number of amides is 1. The fourth-order valence-electron chi connectivity index (χ4n) is 3.31. The highest BCUT2D eigenvalue weighted by Gasteiger charge is 2.79. The zero-order chi connectivity index (χ0) is 17.7. The lowest BCUT2D eigenvalue weighted by Crippen LogP contribution is -2.62. The zero-order valence-electron chi connectivity index (χ0n) is 13.1.